The Balaban J connectivity index is 1.12. The molecule has 0 bridgehead atoms. The highest BCUT2D eigenvalue weighted by atomic mass is 32.1. The van der Waals surface area contributed by atoms with Crippen LogP contribution >= 0.6 is 11.3 Å². The third-order valence-corrected chi connectivity index (χ3v) is 12.4. The first-order valence-electron chi connectivity index (χ1n) is 19.4. The van der Waals surface area contributed by atoms with Gasteiger partial charge in [0.1, 0.15) is 0 Å². The molecule has 0 spiro atoms. The summed E-state index contributed by atoms with van der Waals surface area (Å²) in [5, 5.41) is 5.04. The predicted molar refractivity (Wildman–Crippen MR) is 245 cm³/mol. The molecule has 9 aromatic carbocycles. The Kier molecular flexibility index (Phi) is 8.04. The third kappa shape index (κ3) is 5.80. The Labute approximate surface area is 335 Å². The summed E-state index contributed by atoms with van der Waals surface area (Å²) in [7, 11) is 0. The number of fused-ring (bicyclic) bond motifs is 6. The highest BCUT2D eigenvalue weighted by Gasteiger charge is 2.20. The van der Waals surface area contributed by atoms with Gasteiger partial charge in [-0.05, 0) is 100 Å². The van der Waals surface area contributed by atoms with Crippen LogP contribution in [0.4, 0.5) is 17.1 Å². The Morgan fingerprint density at radius 2 is 0.877 bits per heavy atom. The molecule has 0 unspecified atom stereocenters. The summed E-state index contributed by atoms with van der Waals surface area (Å²) in [5.74, 6) is 0. The second kappa shape index (κ2) is 13.8. The SMILES string of the molecule is c1ccc(-c2ccc(-c3cccc4c3c3ccc(N(c5ccc(-c6ccccc6)cc5)c5ccc6sc7ccccc7c6c5)cc3n4-c3ccccc3)cc2)cc1. The van der Waals surface area contributed by atoms with Crippen LogP contribution in [0.3, 0.4) is 0 Å². The van der Waals surface area contributed by atoms with Crippen molar-refractivity contribution < 1.29 is 0 Å². The zero-order valence-corrected chi connectivity index (χ0v) is 31.9. The lowest BCUT2D eigenvalue weighted by Crippen LogP contribution is -2.10. The fraction of sp³-hybridized carbons (Fsp3) is 0. The van der Waals surface area contributed by atoms with Crippen molar-refractivity contribution in [2.75, 3.05) is 4.90 Å². The van der Waals surface area contributed by atoms with Crippen LogP contribution in [0.2, 0.25) is 0 Å². The molecule has 11 aromatic rings. The van der Waals surface area contributed by atoms with Gasteiger partial charge in [0.25, 0.3) is 0 Å². The summed E-state index contributed by atoms with van der Waals surface area (Å²) in [6.07, 6.45) is 0. The van der Waals surface area contributed by atoms with E-state index in [-0.39, 0.29) is 0 Å². The van der Waals surface area contributed by atoms with Crippen LogP contribution in [0.5, 0.6) is 0 Å². The Morgan fingerprint density at radius 3 is 1.60 bits per heavy atom. The number of nitrogens with zero attached hydrogens (tertiary/aromatic N) is 2. The average molecular weight is 745 g/mol. The van der Waals surface area contributed by atoms with Crippen molar-refractivity contribution in [3.8, 4) is 39.1 Å². The van der Waals surface area contributed by atoms with E-state index in [9.17, 15) is 0 Å². The standard InChI is InChI=1S/C54H36N2S/c1-4-13-37(14-5-1)39-23-25-41(26-24-39)46-20-12-21-50-54(46)48-33-31-45(36-51(48)56(50)42-17-8-3-9-18-42)55(43-29-27-40(28-30-43)38-15-6-2-7-16-38)44-32-34-53-49(35-44)47-19-10-11-22-52(47)57-53/h1-36H. The number of aromatic nitrogens is 1. The molecule has 0 aliphatic carbocycles. The molecule has 0 saturated carbocycles. The molecule has 0 aliphatic heterocycles. The van der Waals surface area contributed by atoms with Gasteiger partial charge in [-0.25, -0.2) is 0 Å². The topological polar surface area (TPSA) is 8.17 Å². The lowest BCUT2D eigenvalue weighted by atomic mass is 9.97. The summed E-state index contributed by atoms with van der Waals surface area (Å²) in [4.78, 5) is 2.41. The van der Waals surface area contributed by atoms with E-state index >= 15 is 0 Å². The predicted octanol–water partition coefficient (Wildman–Crippen LogP) is 15.6. The van der Waals surface area contributed by atoms with Gasteiger partial charge < -0.3 is 9.47 Å². The number of rotatable bonds is 7. The van der Waals surface area contributed by atoms with Gasteiger partial charge in [-0.15, -0.1) is 11.3 Å². The van der Waals surface area contributed by atoms with Crippen LogP contribution in [0.15, 0.2) is 218 Å². The molecule has 0 aliphatic rings. The quantitative estimate of drug-likeness (QED) is 0.158. The van der Waals surface area contributed by atoms with Gasteiger partial charge in [-0.1, -0.05) is 152 Å². The molecular formula is C54H36N2S. The number of thiophene rings is 1. The van der Waals surface area contributed by atoms with Crippen molar-refractivity contribution in [3.63, 3.8) is 0 Å². The van der Waals surface area contributed by atoms with Crippen molar-refractivity contribution in [1.82, 2.24) is 4.57 Å². The molecule has 0 amide bonds. The molecule has 0 radical (unpaired) electrons. The molecule has 268 valence electrons. The summed E-state index contributed by atoms with van der Waals surface area (Å²) in [6.45, 7) is 0. The van der Waals surface area contributed by atoms with Crippen LogP contribution in [0.25, 0.3) is 81.0 Å². The number of hydrogen-bond donors (Lipinski definition) is 0. The molecular weight excluding hydrogens is 709 g/mol. The Morgan fingerprint density at radius 1 is 0.333 bits per heavy atom. The normalized spacial score (nSPS) is 11.5. The monoisotopic (exact) mass is 744 g/mol. The number of para-hydroxylation sites is 1. The highest BCUT2D eigenvalue weighted by molar-refractivity contribution is 7.25. The number of anilines is 3. The second-order valence-corrected chi connectivity index (χ2v) is 15.6. The lowest BCUT2D eigenvalue weighted by Gasteiger charge is -2.26. The molecule has 2 nitrogen and oxygen atoms in total. The van der Waals surface area contributed by atoms with Crippen LogP contribution < -0.4 is 4.90 Å². The molecule has 57 heavy (non-hydrogen) atoms. The van der Waals surface area contributed by atoms with Gasteiger partial charge in [0.15, 0.2) is 0 Å². The maximum absolute atomic E-state index is 2.43. The van der Waals surface area contributed by atoms with Gasteiger partial charge in [0.2, 0.25) is 0 Å². The number of hydrogen-bond acceptors (Lipinski definition) is 2. The summed E-state index contributed by atoms with van der Waals surface area (Å²) < 4.78 is 5.04. The smallest absolute Gasteiger partial charge is 0.0562 e. The van der Waals surface area contributed by atoms with E-state index in [2.05, 4.69) is 228 Å². The van der Waals surface area contributed by atoms with Crippen molar-refractivity contribution in [1.29, 1.82) is 0 Å². The molecule has 11 rings (SSSR count). The van der Waals surface area contributed by atoms with Crippen molar-refractivity contribution in [2.24, 2.45) is 0 Å². The second-order valence-electron chi connectivity index (χ2n) is 14.5. The molecule has 0 atom stereocenters. The van der Waals surface area contributed by atoms with Crippen LogP contribution in [0.1, 0.15) is 0 Å². The fourth-order valence-corrected chi connectivity index (χ4v) is 9.58. The van der Waals surface area contributed by atoms with Crippen molar-refractivity contribution >= 4 is 70.4 Å². The minimum Gasteiger partial charge on any atom is -0.310 e. The molecule has 0 N–H and O–H groups in total. The largest absolute Gasteiger partial charge is 0.310 e. The van der Waals surface area contributed by atoms with E-state index in [1.54, 1.807) is 0 Å². The van der Waals surface area contributed by atoms with Gasteiger partial charge in [-0.2, -0.15) is 0 Å². The fourth-order valence-electron chi connectivity index (χ4n) is 8.50. The Bertz CT molecular complexity index is 3200. The zero-order chi connectivity index (χ0) is 37.7. The van der Waals surface area contributed by atoms with E-state index in [1.165, 1.54) is 69.8 Å². The molecule has 2 heterocycles. The van der Waals surface area contributed by atoms with Crippen molar-refractivity contribution in [3.05, 3.63) is 218 Å². The molecule has 2 aromatic heterocycles. The molecule has 3 heteroatoms. The average Bonchev–Trinajstić information content (AvgIpc) is 3.83. The summed E-state index contributed by atoms with van der Waals surface area (Å²) in [6, 6.07) is 79.4. The zero-order valence-electron chi connectivity index (χ0n) is 31.1. The highest BCUT2D eigenvalue weighted by Crippen LogP contribution is 2.44. The van der Waals surface area contributed by atoms with E-state index < -0.39 is 0 Å². The van der Waals surface area contributed by atoms with E-state index in [0.717, 1.165) is 28.3 Å². The van der Waals surface area contributed by atoms with E-state index in [1.807, 2.05) is 11.3 Å². The number of benzene rings is 9. The van der Waals surface area contributed by atoms with Crippen LogP contribution in [-0.4, -0.2) is 4.57 Å². The first kappa shape index (κ1) is 33.2. The van der Waals surface area contributed by atoms with Crippen LogP contribution in [0, 0.1) is 0 Å². The minimum atomic E-state index is 1.10. The van der Waals surface area contributed by atoms with Gasteiger partial charge in [0, 0.05) is 53.7 Å². The lowest BCUT2D eigenvalue weighted by molar-refractivity contribution is 1.18. The molecule has 0 saturated heterocycles. The van der Waals surface area contributed by atoms with Gasteiger partial charge in [0.05, 0.1) is 11.0 Å². The van der Waals surface area contributed by atoms with Crippen LogP contribution in [-0.2, 0) is 0 Å². The first-order valence-corrected chi connectivity index (χ1v) is 20.2. The van der Waals surface area contributed by atoms with Gasteiger partial charge in [-0.3, -0.25) is 0 Å². The summed E-state index contributed by atoms with van der Waals surface area (Å²) >= 11 is 1.85. The first-order chi connectivity index (χ1) is 28.3. The summed E-state index contributed by atoms with van der Waals surface area (Å²) in [5.41, 5.74) is 14.1. The maximum Gasteiger partial charge on any atom is 0.0562 e. The van der Waals surface area contributed by atoms with E-state index in [0.29, 0.717) is 0 Å². The third-order valence-electron chi connectivity index (χ3n) is 11.2. The van der Waals surface area contributed by atoms with Gasteiger partial charge >= 0.3 is 0 Å². The van der Waals surface area contributed by atoms with E-state index in [4.69, 9.17) is 0 Å². The molecule has 0 fully saturated rings. The maximum atomic E-state index is 2.43. The van der Waals surface area contributed by atoms with Crippen molar-refractivity contribution in [2.45, 2.75) is 0 Å². The minimum absolute atomic E-state index is 1.10. The Hall–Kier alpha value is -7.20.